The fourth-order valence-corrected chi connectivity index (χ4v) is 1.30. The molecule has 0 aliphatic rings. The highest BCUT2D eigenvalue weighted by molar-refractivity contribution is 6.00. The molecule has 0 saturated carbocycles. The molecule has 15 heavy (non-hydrogen) atoms. The largest absolute Gasteiger partial charge is 0.476 e. The molecular weight excluding hydrogens is 194 g/mol. The first-order chi connectivity index (χ1) is 7.09. The Morgan fingerprint density at radius 1 is 1.60 bits per heavy atom. The number of carboxylic acids is 1. The third-order valence-electron chi connectivity index (χ3n) is 2.11. The summed E-state index contributed by atoms with van der Waals surface area (Å²) < 4.78 is 0. The molecule has 0 fully saturated rings. The maximum absolute atomic E-state index is 10.8. The molecule has 0 bridgehead atoms. The van der Waals surface area contributed by atoms with Crippen molar-refractivity contribution in [1.29, 1.82) is 0 Å². The van der Waals surface area contributed by atoms with Crippen molar-refractivity contribution < 1.29 is 9.90 Å². The predicted molar refractivity (Wildman–Crippen MR) is 55.6 cm³/mol. The van der Waals surface area contributed by atoms with Gasteiger partial charge in [0.25, 0.3) is 0 Å². The fraction of sp³-hybridized carbons (Fsp3) is 0.100. The topological polar surface area (TPSA) is 78.9 Å². The number of aromatic amines is 1. The zero-order valence-corrected chi connectivity index (χ0v) is 8.11. The van der Waals surface area contributed by atoms with Crippen LogP contribution in [0.15, 0.2) is 18.8 Å². The molecule has 5 nitrogen and oxygen atoms in total. The Balaban J connectivity index is 2.72. The summed E-state index contributed by atoms with van der Waals surface area (Å²) in [5.41, 5.74) is 2.10. The quantitative estimate of drug-likeness (QED) is 0.778. The second kappa shape index (κ2) is 3.20. The number of nitrogens with one attached hydrogen (secondary N) is 1. The molecule has 2 N–H and O–H groups in total. The van der Waals surface area contributed by atoms with Gasteiger partial charge in [0.05, 0.1) is 5.39 Å². The van der Waals surface area contributed by atoms with Gasteiger partial charge in [-0.1, -0.05) is 6.58 Å². The molecule has 0 unspecified atom stereocenters. The fourth-order valence-electron chi connectivity index (χ4n) is 1.30. The zero-order valence-electron chi connectivity index (χ0n) is 8.11. The molecule has 5 heteroatoms. The number of hydrogen-bond acceptors (Lipinski definition) is 3. The van der Waals surface area contributed by atoms with E-state index in [0.29, 0.717) is 11.0 Å². The molecule has 0 atom stereocenters. The second-order valence-corrected chi connectivity index (χ2v) is 3.28. The Bertz CT molecular complexity index is 557. The van der Waals surface area contributed by atoms with Gasteiger partial charge in [0.1, 0.15) is 0 Å². The van der Waals surface area contributed by atoms with Gasteiger partial charge in [-0.3, -0.25) is 5.10 Å². The summed E-state index contributed by atoms with van der Waals surface area (Å²) in [7, 11) is 0. The molecule has 0 spiro atoms. The predicted octanol–water partition coefficient (Wildman–Crippen LogP) is 1.69. The number of nitrogens with zero attached hydrogens (tertiary/aromatic N) is 2. The van der Waals surface area contributed by atoms with E-state index < -0.39 is 5.97 Å². The van der Waals surface area contributed by atoms with Crippen LogP contribution in [0.2, 0.25) is 0 Å². The van der Waals surface area contributed by atoms with Crippen LogP contribution in [-0.2, 0) is 0 Å². The van der Waals surface area contributed by atoms with Gasteiger partial charge in [-0.15, -0.1) is 0 Å². The van der Waals surface area contributed by atoms with Crippen LogP contribution < -0.4 is 0 Å². The summed E-state index contributed by atoms with van der Waals surface area (Å²) in [6.45, 7) is 5.61. The monoisotopic (exact) mass is 203 g/mol. The highest BCUT2D eigenvalue weighted by Crippen LogP contribution is 2.19. The number of carboxylic acid groups (broad SMARTS) is 1. The van der Waals surface area contributed by atoms with E-state index in [1.165, 1.54) is 0 Å². The van der Waals surface area contributed by atoms with Gasteiger partial charge in [-0.2, -0.15) is 5.10 Å². The Morgan fingerprint density at radius 2 is 2.33 bits per heavy atom. The van der Waals surface area contributed by atoms with Gasteiger partial charge in [0.15, 0.2) is 11.3 Å². The molecule has 0 aliphatic carbocycles. The van der Waals surface area contributed by atoms with E-state index >= 15 is 0 Å². The van der Waals surface area contributed by atoms with E-state index in [1.54, 1.807) is 12.3 Å². The van der Waals surface area contributed by atoms with E-state index in [9.17, 15) is 4.79 Å². The summed E-state index contributed by atoms with van der Waals surface area (Å²) in [4.78, 5) is 14.9. The standard InChI is InChI=1S/C10H9N3O2/c1-5(2)6-3-7-8(10(14)15)12-13-9(7)11-4-6/h3-4H,1H2,2H3,(H,14,15)(H,11,12,13). The number of aromatic nitrogens is 3. The van der Waals surface area contributed by atoms with E-state index in [0.717, 1.165) is 11.1 Å². The van der Waals surface area contributed by atoms with Crippen LogP contribution in [-0.4, -0.2) is 26.3 Å². The molecule has 0 radical (unpaired) electrons. The Hall–Kier alpha value is -2.17. The lowest BCUT2D eigenvalue weighted by Crippen LogP contribution is -1.97. The van der Waals surface area contributed by atoms with Crippen LogP contribution in [0.25, 0.3) is 16.6 Å². The highest BCUT2D eigenvalue weighted by Gasteiger charge is 2.13. The van der Waals surface area contributed by atoms with Gasteiger partial charge in [0, 0.05) is 6.20 Å². The van der Waals surface area contributed by atoms with Crippen LogP contribution in [0.5, 0.6) is 0 Å². The van der Waals surface area contributed by atoms with Crippen molar-refractivity contribution in [3.8, 4) is 0 Å². The Labute approximate surface area is 85.5 Å². The van der Waals surface area contributed by atoms with Gasteiger partial charge in [-0.25, -0.2) is 9.78 Å². The van der Waals surface area contributed by atoms with Crippen LogP contribution in [0, 0.1) is 0 Å². The molecule has 2 rings (SSSR count). The van der Waals surface area contributed by atoms with Gasteiger partial charge < -0.3 is 5.11 Å². The van der Waals surface area contributed by atoms with Crippen molar-refractivity contribution in [3.05, 3.63) is 30.1 Å². The third-order valence-corrected chi connectivity index (χ3v) is 2.11. The minimum Gasteiger partial charge on any atom is -0.476 e. The molecule has 2 aromatic rings. The zero-order chi connectivity index (χ0) is 11.0. The molecule has 0 saturated heterocycles. The van der Waals surface area contributed by atoms with Crippen molar-refractivity contribution >= 4 is 22.6 Å². The maximum atomic E-state index is 10.8. The number of fused-ring (bicyclic) bond motifs is 1. The van der Waals surface area contributed by atoms with Crippen molar-refractivity contribution in [2.24, 2.45) is 0 Å². The first kappa shape index (κ1) is 9.39. The van der Waals surface area contributed by atoms with E-state index in [-0.39, 0.29) is 5.69 Å². The normalized spacial score (nSPS) is 10.5. The average molecular weight is 203 g/mol. The summed E-state index contributed by atoms with van der Waals surface area (Å²) in [6, 6.07) is 1.72. The smallest absolute Gasteiger partial charge is 0.357 e. The highest BCUT2D eigenvalue weighted by atomic mass is 16.4. The molecule has 2 heterocycles. The van der Waals surface area contributed by atoms with Crippen molar-refractivity contribution in [2.45, 2.75) is 6.92 Å². The van der Waals surface area contributed by atoms with Crippen LogP contribution in [0.4, 0.5) is 0 Å². The SMILES string of the molecule is C=C(C)c1cnc2[nH]nc(C(=O)O)c2c1. The number of hydrogen-bond donors (Lipinski definition) is 2. The lowest BCUT2D eigenvalue weighted by molar-refractivity contribution is 0.0692. The Kier molecular flexibility index (Phi) is 2.00. The van der Waals surface area contributed by atoms with Gasteiger partial charge in [-0.05, 0) is 24.1 Å². The van der Waals surface area contributed by atoms with Crippen LogP contribution in [0.1, 0.15) is 23.0 Å². The molecule has 76 valence electrons. The van der Waals surface area contributed by atoms with Crippen LogP contribution >= 0.6 is 0 Å². The van der Waals surface area contributed by atoms with Crippen LogP contribution in [0.3, 0.4) is 0 Å². The van der Waals surface area contributed by atoms with Crippen molar-refractivity contribution in [2.75, 3.05) is 0 Å². The molecule has 0 aliphatic heterocycles. The maximum Gasteiger partial charge on any atom is 0.357 e. The first-order valence-corrected chi connectivity index (χ1v) is 4.33. The molecular formula is C10H9N3O2. The molecule has 0 aromatic carbocycles. The van der Waals surface area contributed by atoms with E-state index in [4.69, 9.17) is 5.11 Å². The Morgan fingerprint density at radius 3 is 2.93 bits per heavy atom. The lowest BCUT2D eigenvalue weighted by Gasteiger charge is -1.98. The molecule has 2 aromatic heterocycles. The van der Waals surface area contributed by atoms with Gasteiger partial charge in [0.2, 0.25) is 0 Å². The summed E-state index contributed by atoms with van der Waals surface area (Å²) in [5, 5.41) is 15.6. The van der Waals surface area contributed by atoms with Gasteiger partial charge >= 0.3 is 5.97 Å². The van der Waals surface area contributed by atoms with Crippen molar-refractivity contribution in [1.82, 2.24) is 15.2 Å². The minimum absolute atomic E-state index is 0.0133. The number of allylic oxidation sites excluding steroid dienone is 1. The summed E-state index contributed by atoms with van der Waals surface area (Å²) >= 11 is 0. The average Bonchev–Trinajstić information content (AvgIpc) is 2.59. The summed E-state index contributed by atoms with van der Waals surface area (Å²) in [5.74, 6) is -1.07. The lowest BCUT2D eigenvalue weighted by atomic mass is 10.1. The second-order valence-electron chi connectivity index (χ2n) is 3.28. The van der Waals surface area contributed by atoms with E-state index in [2.05, 4.69) is 21.8 Å². The number of pyridine rings is 1. The minimum atomic E-state index is -1.07. The first-order valence-electron chi connectivity index (χ1n) is 4.33. The third kappa shape index (κ3) is 1.48. The van der Waals surface area contributed by atoms with Crippen molar-refractivity contribution in [3.63, 3.8) is 0 Å². The van der Waals surface area contributed by atoms with E-state index in [1.807, 2.05) is 6.92 Å². The number of carbonyl (C=O) groups is 1. The summed E-state index contributed by atoms with van der Waals surface area (Å²) in [6.07, 6.45) is 1.63. The molecule has 0 amide bonds. The number of H-pyrrole nitrogens is 1. The number of aromatic carboxylic acids is 1. The number of rotatable bonds is 2.